The maximum Gasteiger partial charge on any atom is 0.278 e. The lowest BCUT2D eigenvalue weighted by molar-refractivity contribution is 0.535. The van der Waals surface area contributed by atoms with Gasteiger partial charge in [-0.25, -0.2) is 0 Å². The summed E-state index contributed by atoms with van der Waals surface area (Å²) >= 11 is 1.98. The molecule has 0 spiro atoms. The maximum atomic E-state index is 5.38. The molecule has 2 heterocycles. The van der Waals surface area contributed by atoms with E-state index in [2.05, 4.69) is 15.2 Å². The second-order valence-electron chi connectivity index (χ2n) is 3.24. The summed E-state index contributed by atoms with van der Waals surface area (Å²) in [5.41, 5.74) is 0.730. The maximum absolute atomic E-state index is 5.38. The van der Waals surface area contributed by atoms with Crippen LogP contribution in [0.15, 0.2) is 40.9 Å². The highest BCUT2D eigenvalue weighted by Crippen LogP contribution is 2.25. The van der Waals surface area contributed by atoms with Gasteiger partial charge in [0.1, 0.15) is 5.69 Å². The monoisotopic (exact) mass is 323 g/mol. The van der Waals surface area contributed by atoms with Gasteiger partial charge in [0.25, 0.3) is 9.79 Å². The van der Waals surface area contributed by atoms with Gasteiger partial charge in [-0.05, 0) is 11.5 Å². The van der Waals surface area contributed by atoms with Gasteiger partial charge in [-0.15, -0.1) is 10.2 Å². The lowest BCUT2D eigenvalue weighted by Gasteiger charge is -2.00. The molecule has 1 aromatic carbocycles. The molecular formula is C11H6IN3O. The van der Waals surface area contributed by atoms with Crippen molar-refractivity contribution in [3.8, 4) is 11.6 Å². The number of nitrogens with zero attached hydrogens (tertiary/aromatic N) is 3. The third-order valence-corrected chi connectivity index (χ3v) is 2.71. The summed E-state index contributed by atoms with van der Waals surface area (Å²) in [6.07, 6.45) is 1.74. The van der Waals surface area contributed by atoms with E-state index in [9.17, 15) is 0 Å². The van der Waals surface area contributed by atoms with Gasteiger partial charge in [0.05, 0.1) is 0 Å². The Morgan fingerprint density at radius 3 is 2.75 bits per heavy atom. The minimum Gasteiger partial charge on any atom is -0.410 e. The lowest BCUT2D eigenvalue weighted by atomic mass is 10.1. The van der Waals surface area contributed by atoms with E-state index in [4.69, 9.17) is 4.42 Å². The molecule has 2 aromatic heterocycles. The standard InChI is InChI=1S/C11H6IN3O/c12-11-15-14-10(16-11)9-8-4-2-1-3-7(8)5-6-13-9/h1-6H. The molecule has 0 bridgehead atoms. The lowest BCUT2D eigenvalue weighted by Crippen LogP contribution is -1.85. The van der Waals surface area contributed by atoms with Crippen LogP contribution in [0.1, 0.15) is 0 Å². The third kappa shape index (κ3) is 1.57. The fraction of sp³-hybridized carbons (Fsp3) is 0. The first kappa shape index (κ1) is 9.71. The van der Waals surface area contributed by atoms with Crippen molar-refractivity contribution < 1.29 is 4.42 Å². The molecule has 3 aromatic rings. The number of rotatable bonds is 1. The van der Waals surface area contributed by atoms with Gasteiger partial charge in [-0.2, -0.15) is 0 Å². The van der Waals surface area contributed by atoms with Gasteiger partial charge >= 0.3 is 0 Å². The van der Waals surface area contributed by atoms with E-state index in [-0.39, 0.29) is 0 Å². The molecule has 0 aliphatic rings. The van der Waals surface area contributed by atoms with Crippen LogP contribution in [0.2, 0.25) is 0 Å². The van der Waals surface area contributed by atoms with Gasteiger partial charge < -0.3 is 4.42 Å². The predicted octanol–water partition coefficient (Wildman–Crippen LogP) is 2.89. The number of halogens is 1. The second-order valence-corrected chi connectivity index (χ2v) is 4.16. The molecule has 0 fully saturated rings. The van der Waals surface area contributed by atoms with E-state index in [1.165, 1.54) is 0 Å². The summed E-state index contributed by atoms with van der Waals surface area (Å²) in [5, 5.41) is 9.91. The zero-order valence-corrected chi connectivity index (χ0v) is 10.2. The van der Waals surface area contributed by atoms with Crippen molar-refractivity contribution in [3.63, 3.8) is 0 Å². The minimum atomic E-state index is 0.459. The van der Waals surface area contributed by atoms with E-state index in [1.54, 1.807) is 6.20 Å². The largest absolute Gasteiger partial charge is 0.410 e. The Kier molecular flexibility index (Phi) is 2.32. The summed E-state index contributed by atoms with van der Waals surface area (Å²) < 4.78 is 5.90. The Morgan fingerprint density at radius 1 is 1.06 bits per heavy atom. The van der Waals surface area contributed by atoms with E-state index in [1.807, 2.05) is 52.9 Å². The number of aromatic nitrogens is 3. The number of pyridine rings is 1. The first-order valence-electron chi connectivity index (χ1n) is 4.68. The van der Waals surface area contributed by atoms with Crippen molar-refractivity contribution in [2.75, 3.05) is 0 Å². The van der Waals surface area contributed by atoms with E-state index in [0.717, 1.165) is 16.5 Å². The van der Waals surface area contributed by atoms with Crippen LogP contribution in [-0.2, 0) is 0 Å². The van der Waals surface area contributed by atoms with Crippen molar-refractivity contribution in [2.45, 2.75) is 0 Å². The molecule has 0 aliphatic carbocycles. The number of fused-ring (bicyclic) bond motifs is 1. The number of hydrogen-bond acceptors (Lipinski definition) is 4. The van der Waals surface area contributed by atoms with Crippen molar-refractivity contribution in [1.82, 2.24) is 15.2 Å². The van der Waals surface area contributed by atoms with Crippen LogP contribution in [0.3, 0.4) is 0 Å². The molecule has 4 nitrogen and oxygen atoms in total. The first-order chi connectivity index (χ1) is 7.84. The highest BCUT2D eigenvalue weighted by atomic mass is 127. The molecule has 0 atom stereocenters. The first-order valence-corrected chi connectivity index (χ1v) is 5.75. The van der Waals surface area contributed by atoms with E-state index < -0.39 is 0 Å². The quantitative estimate of drug-likeness (QED) is 0.646. The smallest absolute Gasteiger partial charge is 0.278 e. The fourth-order valence-corrected chi connectivity index (χ4v) is 1.91. The summed E-state index contributed by atoms with van der Waals surface area (Å²) in [6.45, 7) is 0. The summed E-state index contributed by atoms with van der Waals surface area (Å²) in [5.74, 6) is 0.459. The molecule has 0 unspecified atom stereocenters. The van der Waals surface area contributed by atoms with Crippen molar-refractivity contribution in [1.29, 1.82) is 0 Å². The van der Waals surface area contributed by atoms with Crippen molar-refractivity contribution in [2.24, 2.45) is 0 Å². The summed E-state index contributed by atoms with van der Waals surface area (Å²) in [7, 11) is 0. The topological polar surface area (TPSA) is 51.8 Å². The zero-order valence-electron chi connectivity index (χ0n) is 8.09. The molecule has 16 heavy (non-hydrogen) atoms. The predicted molar refractivity (Wildman–Crippen MR) is 67.8 cm³/mol. The molecule has 0 saturated heterocycles. The molecule has 0 saturated carbocycles. The van der Waals surface area contributed by atoms with Gasteiger partial charge in [0.15, 0.2) is 0 Å². The normalized spacial score (nSPS) is 10.8. The molecule has 0 N–H and O–H groups in total. The Labute approximate surface area is 105 Å². The Morgan fingerprint density at radius 2 is 1.94 bits per heavy atom. The third-order valence-electron chi connectivity index (χ3n) is 2.28. The Hall–Kier alpha value is -1.50. The highest BCUT2D eigenvalue weighted by Gasteiger charge is 2.11. The summed E-state index contributed by atoms with van der Waals surface area (Å²) in [6, 6.07) is 9.94. The molecule has 0 amide bonds. The van der Waals surface area contributed by atoms with Crippen LogP contribution in [0.5, 0.6) is 0 Å². The van der Waals surface area contributed by atoms with Crippen LogP contribution in [0.4, 0.5) is 0 Å². The molecule has 78 valence electrons. The molecule has 0 aliphatic heterocycles. The molecule has 3 rings (SSSR count). The molecule has 5 heteroatoms. The fourth-order valence-electron chi connectivity index (χ4n) is 1.59. The highest BCUT2D eigenvalue weighted by molar-refractivity contribution is 14.1. The van der Waals surface area contributed by atoms with Gasteiger partial charge in [-0.1, -0.05) is 24.3 Å². The SMILES string of the molecule is Ic1nnc(-c2nccc3ccccc23)o1. The van der Waals surface area contributed by atoms with Gasteiger partial charge in [-0.3, -0.25) is 4.98 Å². The van der Waals surface area contributed by atoms with E-state index >= 15 is 0 Å². The average Bonchev–Trinajstić information content (AvgIpc) is 2.75. The van der Waals surface area contributed by atoms with Crippen LogP contribution < -0.4 is 0 Å². The molecule has 0 radical (unpaired) electrons. The van der Waals surface area contributed by atoms with Crippen LogP contribution in [0, 0.1) is 3.90 Å². The number of benzene rings is 1. The second kappa shape index (κ2) is 3.82. The Bertz CT molecular complexity index is 645. The average molecular weight is 323 g/mol. The van der Waals surface area contributed by atoms with Crippen LogP contribution in [0.25, 0.3) is 22.4 Å². The zero-order chi connectivity index (χ0) is 11.0. The van der Waals surface area contributed by atoms with Gasteiger partial charge in [0, 0.05) is 34.2 Å². The Balaban J connectivity index is 2.31. The van der Waals surface area contributed by atoms with Crippen LogP contribution >= 0.6 is 22.6 Å². The van der Waals surface area contributed by atoms with Crippen LogP contribution in [-0.4, -0.2) is 15.2 Å². The van der Waals surface area contributed by atoms with Crippen molar-refractivity contribution >= 4 is 33.4 Å². The van der Waals surface area contributed by atoms with Gasteiger partial charge in [0.2, 0.25) is 0 Å². The van der Waals surface area contributed by atoms with Crippen molar-refractivity contribution in [3.05, 3.63) is 40.4 Å². The molecular weight excluding hydrogens is 317 g/mol. The minimum absolute atomic E-state index is 0.459. The summed E-state index contributed by atoms with van der Waals surface area (Å²) in [4.78, 5) is 4.29. The van der Waals surface area contributed by atoms with E-state index in [0.29, 0.717) is 9.79 Å². The number of hydrogen-bond donors (Lipinski definition) is 0.